The van der Waals surface area contributed by atoms with Crippen molar-refractivity contribution in [3.63, 3.8) is 0 Å². The highest BCUT2D eigenvalue weighted by molar-refractivity contribution is 7.99. The van der Waals surface area contributed by atoms with Gasteiger partial charge in [0.25, 0.3) is 5.56 Å². The van der Waals surface area contributed by atoms with Crippen LogP contribution < -0.4 is 25.1 Å². The lowest BCUT2D eigenvalue weighted by Crippen LogP contribution is -2.37. The lowest BCUT2D eigenvalue weighted by Gasteiger charge is -2.39. The molecule has 1 unspecified atom stereocenters. The number of carbonyl (C=O) groups is 1. The van der Waals surface area contributed by atoms with Gasteiger partial charge < -0.3 is 24.5 Å². The molecule has 0 amide bonds. The van der Waals surface area contributed by atoms with Crippen molar-refractivity contribution in [1.82, 2.24) is 9.97 Å². The number of ether oxygens (including phenoxy) is 3. The van der Waals surface area contributed by atoms with Gasteiger partial charge in [-0.1, -0.05) is 31.7 Å². The minimum Gasteiger partial charge on any atom is -0.496 e. The summed E-state index contributed by atoms with van der Waals surface area (Å²) in [5, 5.41) is 3.81. The monoisotopic (exact) mass is 483 g/mol. The number of nitrogens with one attached hydrogen (secondary N) is 2. The number of carbonyl (C=O) groups excluding carboxylic acids is 1. The van der Waals surface area contributed by atoms with Crippen molar-refractivity contribution in [2.45, 2.75) is 37.8 Å². The van der Waals surface area contributed by atoms with Gasteiger partial charge in [-0.15, -0.1) is 6.58 Å². The van der Waals surface area contributed by atoms with E-state index in [0.29, 0.717) is 63.5 Å². The van der Waals surface area contributed by atoms with Crippen molar-refractivity contribution in [2.75, 3.05) is 32.4 Å². The number of fused-ring (bicyclic) bond motifs is 1. The summed E-state index contributed by atoms with van der Waals surface area (Å²) in [5.74, 6) is 1.84. The minimum atomic E-state index is -0.667. The second-order valence-electron chi connectivity index (χ2n) is 9.07. The Morgan fingerprint density at radius 3 is 2.44 bits per heavy atom. The van der Waals surface area contributed by atoms with Gasteiger partial charge in [0.1, 0.15) is 11.6 Å². The number of Topliss-reactive ketones (excluding diaryl/α,β-unsaturated/α-hetero) is 1. The van der Waals surface area contributed by atoms with Crippen molar-refractivity contribution in [2.24, 2.45) is 5.41 Å². The molecule has 8 nitrogen and oxygen atoms in total. The zero-order valence-electron chi connectivity index (χ0n) is 20.0. The molecule has 34 heavy (non-hydrogen) atoms. The molecule has 1 aromatic carbocycles. The number of H-pyrrole nitrogens is 1. The number of aromatic amines is 1. The molecule has 1 atom stereocenters. The number of methoxy groups -OCH3 is 3. The third-order valence-electron chi connectivity index (χ3n) is 6.08. The molecule has 0 spiro atoms. The maximum absolute atomic E-state index is 13.5. The summed E-state index contributed by atoms with van der Waals surface area (Å²) in [4.78, 5) is 34.5. The number of ketones is 1. The number of hydrogen-bond donors (Lipinski definition) is 2. The van der Waals surface area contributed by atoms with Crippen molar-refractivity contribution in [3.05, 3.63) is 57.5 Å². The first kappa shape index (κ1) is 23.9. The van der Waals surface area contributed by atoms with Crippen LogP contribution in [0.5, 0.6) is 17.2 Å². The van der Waals surface area contributed by atoms with Gasteiger partial charge in [0.2, 0.25) is 0 Å². The van der Waals surface area contributed by atoms with E-state index in [1.54, 1.807) is 39.5 Å². The lowest BCUT2D eigenvalue weighted by atomic mass is 9.69. The topological polar surface area (TPSA) is 103 Å². The van der Waals surface area contributed by atoms with Crippen LogP contribution in [0.15, 0.2) is 46.0 Å². The molecule has 180 valence electrons. The predicted molar refractivity (Wildman–Crippen MR) is 132 cm³/mol. The molecule has 0 bridgehead atoms. The fraction of sp³-hybridized carbons (Fsp3) is 0.400. The Morgan fingerprint density at radius 1 is 1.12 bits per heavy atom. The number of benzene rings is 1. The van der Waals surface area contributed by atoms with Crippen LogP contribution in [0.25, 0.3) is 0 Å². The standard InChI is InChI=1S/C25H29N3O5S/c1-7-8-34-24-27-22-21(23(30)28-24)19(20-14(26-22)11-25(2,3)12-15(20)29)13-9-17(32-5)18(33-6)10-16(13)31-4/h7,9-10,19H,1,8,11-12H2,2-6H3,(H2,26,27,28,30). The number of thioether (sulfide) groups is 1. The third kappa shape index (κ3) is 4.20. The number of rotatable bonds is 7. The van der Waals surface area contributed by atoms with Gasteiger partial charge in [0, 0.05) is 35.1 Å². The molecule has 0 saturated heterocycles. The van der Waals surface area contributed by atoms with Crippen molar-refractivity contribution in [3.8, 4) is 17.2 Å². The van der Waals surface area contributed by atoms with Crippen LogP contribution in [0, 0.1) is 5.41 Å². The first-order valence-electron chi connectivity index (χ1n) is 10.9. The third-order valence-corrected chi connectivity index (χ3v) is 6.95. The fourth-order valence-corrected chi connectivity index (χ4v) is 5.29. The molecule has 2 aromatic rings. The molecule has 2 aliphatic rings. The Balaban J connectivity index is 2.00. The van der Waals surface area contributed by atoms with Crippen LogP contribution in [0.4, 0.5) is 5.82 Å². The first-order chi connectivity index (χ1) is 16.2. The zero-order chi connectivity index (χ0) is 24.6. The van der Waals surface area contributed by atoms with E-state index >= 15 is 0 Å². The van der Waals surface area contributed by atoms with E-state index in [0.717, 1.165) is 5.70 Å². The highest BCUT2D eigenvalue weighted by Gasteiger charge is 2.43. The van der Waals surface area contributed by atoms with E-state index in [2.05, 4.69) is 35.7 Å². The van der Waals surface area contributed by atoms with Gasteiger partial charge >= 0.3 is 0 Å². The van der Waals surface area contributed by atoms with Gasteiger partial charge in [-0.25, -0.2) is 4.98 Å². The van der Waals surface area contributed by atoms with Gasteiger partial charge in [-0.05, 0) is 17.9 Å². The average molecular weight is 484 g/mol. The highest BCUT2D eigenvalue weighted by atomic mass is 32.2. The normalized spacial score (nSPS) is 18.5. The van der Waals surface area contributed by atoms with Crippen LogP contribution in [-0.4, -0.2) is 42.8 Å². The van der Waals surface area contributed by atoms with E-state index in [9.17, 15) is 9.59 Å². The lowest BCUT2D eigenvalue weighted by molar-refractivity contribution is -0.118. The zero-order valence-corrected chi connectivity index (χ0v) is 20.9. The van der Waals surface area contributed by atoms with Gasteiger partial charge in [0.15, 0.2) is 22.4 Å². The Morgan fingerprint density at radius 2 is 1.79 bits per heavy atom. The number of nitrogens with zero attached hydrogens (tertiary/aromatic N) is 1. The summed E-state index contributed by atoms with van der Waals surface area (Å²) >= 11 is 1.38. The molecule has 1 aromatic heterocycles. The molecule has 1 aliphatic heterocycles. The molecule has 2 heterocycles. The van der Waals surface area contributed by atoms with Crippen molar-refractivity contribution < 1.29 is 19.0 Å². The molecule has 1 aliphatic carbocycles. The summed E-state index contributed by atoms with van der Waals surface area (Å²) in [5.41, 5.74) is 1.84. The smallest absolute Gasteiger partial charge is 0.257 e. The Labute approximate surface area is 202 Å². The van der Waals surface area contributed by atoms with E-state index < -0.39 is 5.92 Å². The fourth-order valence-electron chi connectivity index (χ4n) is 4.69. The molecule has 2 N–H and O–H groups in total. The van der Waals surface area contributed by atoms with Crippen LogP contribution in [0.3, 0.4) is 0 Å². The van der Waals surface area contributed by atoms with E-state index in [4.69, 9.17) is 14.2 Å². The molecule has 0 fully saturated rings. The molecular formula is C25H29N3O5S. The SMILES string of the molecule is C=CCSc1nc2c(c(=O)[nH]1)C(c1cc(OC)c(OC)cc1OC)C1=C(CC(C)(C)CC1=O)N2. The minimum absolute atomic E-state index is 0.00394. The number of anilines is 1. The predicted octanol–water partition coefficient (Wildman–Crippen LogP) is 4.27. The summed E-state index contributed by atoms with van der Waals surface area (Å²) in [7, 11) is 4.63. The number of aromatic nitrogens is 2. The van der Waals surface area contributed by atoms with Crippen LogP contribution >= 0.6 is 11.8 Å². The average Bonchev–Trinajstić information content (AvgIpc) is 2.79. The molecular weight excluding hydrogens is 454 g/mol. The van der Waals surface area contributed by atoms with E-state index in [1.165, 1.54) is 11.8 Å². The van der Waals surface area contributed by atoms with E-state index in [-0.39, 0.29) is 16.8 Å². The second-order valence-corrected chi connectivity index (χ2v) is 10.1. The molecule has 4 rings (SSSR count). The highest BCUT2D eigenvalue weighted by Crippen LogP contribution is 2.51. The summed E-state index contributed by atoms with van der Waals surface area (Å²) < 4.78 is 16.7. The molecule has 9 heteroatoms. The summed E-state index contributed by atoms with van der Waals surface area (Å²) in [6.45, 7) is 7.86. The largest absolute Gasteiger partial charge is 0.496 e. The Hall–Kier alpha value is -3.20. The first-order valence-corrected chi connectivity index (χ1v) is 11.9. The maximum atomic E-state index is 13.5. The van der Waals surface area contributed by atoms with Gasteiger partial charge in [-0.3, -0.25) is 9.59 Å². The second kappa shape index (κ2) is 9.21. The summed E-state index contributed by atoms with van der Waals surface area (Å²) in [6, 6.07) is 3.48. The Kier molecular flexibility index (Phi) is 6.49. The van der Waals surface area contributed by atoms with Crippen LogP contribution in [-0.2, 0) is 4.79 Å². The van der Waals surface area contributed by atoms with Crippen molar-refractivity contribution in [1.29, 1.82) is 0 Å². The van der Waals surface area contributed by atoms with Gasteiger partial charge in [-0.2, -0.15) is 0 Å². The van der Waals surface area contributed by atoms with Crippen LogP contribution in [0.1, 0.15) is 43.7 Å². The van der Waals surface area contributed by atoms with Gasteiger partial charge in [0.05, 0.1) is 32.8 Å². The van der Waals surface area contributed by atoms with Crippen molar-refractivity contribution >= 4 is 23.4 Å². The summed E-state index contributed by atoms with van der Waals surface area (Å²) in [6.07, 6.45) is 2.79. The maximum Gasteiger partial charge on any atom is 0.257 e. The molecule has 0 radical (unpaired) electrons. The molecule has 0 saturated carbocycles. The number of hydrogen-bond acceptors (Lipinski definition) is 8. The quantitative estimate of drug-likeness (QED) is 0.342. The Bertz CT molecular complexity index is 1250. The van der Waals surface area contributed by atoms with Crippen LogP contribution in [0.2, 0.25) is 0 Å². The van der Waals surface area contributed by atoms with E-state index in [1.807, 2.05) is 0 Å². The number of allylic oxidation sites excluding steroid dienone is 2.